The molecule has 20 heavy (non-hydrogen) atoms. The zero-order valence-electron chi connectivity index (χ0n) is 13.0. The molecule has 0 amide bonds. The number of hydrogen-bond acceptors (Lipinski definition) is 2. The number of nitrogens with two attached hydrogens (primary N) is 1. The fourth-order valence-electron chi connectivity index (χ4n) is 1.83. The van der Waals surface area contributed by atoms with Gasteiger partial charge in [-0.3, -0.25) is 0 Å². The molecule has 1 atom stereocenters. The third-order valence-corrected chi connectivity index (χ3v) is 4.04. The maximum atomic E-state index is 6.06. The van der Waals surface area contributed by atoms with Crippen molar-refractivity contribution >= 4 is 11.6 Å². The first-order valence-corrected chi connectivity index (χ1v) is 7.73. The second-order valence-corrected chi connectivity index (χ2v) is 5.57. The highest BCUT2D eigenvalue weighted by molar-refractivity contribution is 6.31. The van der Waals surface area contributed by atoms with E-state index in [1.165, 1.54) is 6.42 Å². The molecule has 2 N–H and O–H groups in total. The Labute approximate surface area is 127 Å². The van der Waals surface area contributed by atoms with Gasteiger partial charge in [-0.1, -0.05) is 18.5 Å². The van der Waals surface area contributed by atoms with E-state index in [-0.39, 0.29) is 0 Å². The first-order valence-electron chi connectivity index (χ1n) is 7.35. The summed E-state index contributed by atoms with van der Waals surface area (Å²) in [5.74, 6) is 0.890. The molecule has 0 radical (unpaired) electrons. The summed E-state index contributed by atoms with van der Waals surface area (Å²) in [5.41, 5.74) is 2.18. The van der Waals surface area contributed by atoms with Crippen molar-refractivity contribution in [2.75, 3.05) is 26.4 Å². The predicted molar refractivity (Wildman–Crippen MR) is 83.8 cm³/mol. The highest BCUT2D eigenvalue weighted by atomic mass is 35.5. The number of ether oxygens (including phenoxy) is 2. The molecule has 0 unspecified atom stereocenters. The van der Waals surface area contributed by atoms with Gasteiger partial charge < -0.3 is 14.8 Å². The van der Waals surface area contributed by atoms with Gasteiger partial charge in [0.2, 0.25) is 0 Å². The SMILES string of the molecule is CC[C@@H](C)[NH2+]CCOCCOc1ccc(Cl)c(C)c1C. The van der Waals surface area contributed by atoms with Gasteiger partial charge in [0.15, 0.2) is 0 Å². The summed E-state index contributed by atoms with van der Waals surface area (Å²) < 4.78 is 11.3. The average Bonchev–Trinajstić information content (AvgIpc) is 2.45. The monoisotopic (exact) mass is 300 g/mol. The van der Waals surface area contributed by atoms with E-state index in [2.05, 4.69) is 19.2 Å². The predicted octanol–water partition coefficient (Wildman–Crippen LogP) is 2.71. The van der Waals surface area contributed by atoms with Crippen molar-refractivity contribution in [1.82, 2.24) is 0 Å². The van der Waals surface area contributed by atoms with E-state index in [9.17, 15) is 0 Å². The zero-order valence-corrected chi connectivity index (χ0v) is 13.8. The van der Waals surface area contributed by atoms with Crippen LogP contribution in [-0.2, 0) is 4.74 Å². The molecule has 0 saturated heterocycles. The van der Waals surface area contributed by atoms with Crippen LogP contribution in [0.25, 0.3) is 0 Å². The first kappa shape index (κ1) is 17.3. The van der Waals surface area contributed by atoms with E-state index in [4.69, 9.17) is 21.1 Å². The van der Waals surface area contributed by atoms with Crippen molar-refractivity contribution in [2.24, 2.45) is 0 Å². The van der Waals surface area contributed by atoms with Crippen molar-refractivity contribution < 1.29 is 14.8 Å². The summed E-state index contributed by atoms with van der Waals surface area (Å²) in [6.45, 7) is 11.4. The molecule has 0 bridgehead atoms. The van der Waals surface area contributed by atoms with Gasteiger partial charge in [0.25, 0.3) is 0 Å². The molecule has 1 rings (SSSR count). The maximum Gasteiger partial charge on any atom is 0.122 e. The third kappa shape index (κ3) is 5.70. The molecule has 1 aromatic rings. The topological polar surface area (TPSA) is 35.1 Å². The van der Waals surface area contributed by atoms with Crippen molar-refractivity contribution in [3.05, 3.63) is 28.3 Å². The molecule has 0 spiro atoms. The molecule has 0 aliphatic rings. The largest absolute Gasteiger partial charge is 0.491 e. The van der Waals surface area contributed by atoms with Crippen LogP contribution in [0.3, 0.4) is 0 Å². The van der Waals surface area contributed by atoms with Gasteiger partial charge in [-0.2, -0.15) is 0 Å². The Bertz CT molecular complexity index is 410. The summed E-state index contributed by atoms with van der Waals surface area (Å²) in [6.07, 6.45) is 1.19. The van der Waals surface area contributed by atoms with Crippen LogP contribution in [0, 0.1) is 13.8 Å². The summed E-state index contributed by atoms with van der Waals surface area (Å²) in [6, 6.07) is 4.47. The van der Waals surface area contributed by atoms with E-state index in [1.807, 2.05) is 26.0 Å². The lowest BCUT2D eigenvalue weighted by Crippen LogP contribution is -2.90. The highest BCUT2D eigenvalue weighted by Crippen LogP contribution is 2.26. The van der Waals surface area contributed by atoms with Crippen molar-refractivity contribution in [2.45, 2.75) is 40.2 Å². The number of rotatable bonds is 9. The van der Waals surface area contributed by atoms with Crippen LogP contribution in [0.4, 0.5) is 0 Å². The quantitative estimate of drug-likeness (QED) is 0.712. The van der Waals surface area contributed by atoms with Crippen LogP contribution in [0.5, 0.6) is 5.75 Å². The van der Waals surface area contributed by atoms with Crippen LogP contribution < -0.4 is 10.1 Å². The Morgan fingerprint density at radius 1 is 1.15 bits per heavy atom. The van der Waals surface area contributed by atoms with Crippen molar-refractivity contribution in [1.29, 1.82) is 0 Å². The van der Waals surface area contributed by atoms with Gasteiger partial charge in [-0.25, -0.2) is 0 Å². The molecular formula is C16H27ClNO2+. The minimum Gasteiger partial charge on any atom is -0.491 e. The van der Waals surface area contributed by atoms with Gasteiger partial charge in [-0.05, 0) is 50.5 Å². The van der Waals surface area contributed by atoms with Crippen LogP contribution in [0.15, 0.2) is 12.1 Å². The number of quaternary nitrogens is 1. The maximum absolute atomic E-state index is 6.06. The van der Waals surface area contributed by atoms with Gasteiger partial charge in [0.1, 0.15) is 12.4 Å². The van der Waals surface area contributed by atoms with E-state index in [0.717, 1.165) is 35.1 Å². The summed E-state index contributed by atoms with van der Waals surface area (Å²) in [4.78, 5) is 0. The first-order chi connectivity index (χ1) is 9.56. The Kier molecular flexibility index (Phi) is 7.97. The van der Waals surface area contributed by atoms with Crippen LogP contribution in [-0.4, -0.2) is 32.4 Å². The molecule has 114 valence electrons. The van der Waals surface area contributed by atoms with E-state index < -0.39 is 0 Å². The molecule has 0 aliphatic carbocycles. The average molecular weight is 301 g/mol. The Morgan fingerprint density at radius 3 is 2.60 bits per heavy atom. The fraction of sp³-hybridized carbons (Fsp3) is 0.625. The number of hydrogen-bond donors (Lipinski definition) is 1. The third-order valence-electron chi connectivity index (χ3n) is 3.63. The molecule has 4 heteroatoms. The van der Waals surface area contributed by atoms with Gasteiger partial charge in [0.05, 0.1) is 25.8 Å². The Morgan fingerprint density at radius 2 is 1.90 bits per heavy atom. The molecule has 1 aromatic carbocycles. The van der Waals surface area contributed by atoms with Crippen molar-refractivity contribution in [3.63, 3.8) is 0 Å². The summed E-state index contributed by atoms with van der Waals surface area (Å²) >= 11 is 6.06. The molecular weight excluding hydrogens is 274 g/mol. The lowest BCUT2D eigenvalue weighted by Gasteiger charge is -2.12. The molecule has 0 heterocycles. The van der Waals surface area contributed by atoms with Gasteiger partial charge in [0, 0.05) is 5.02 Å². The summed E-state index contributed by atoms with van der Waals surface area (Å²) in [5, 5.41) is 3.10. The normalized spacial score (nSPS) is 12.4. The van der Waals surface area contributed by atoms with Crippen LogP contribution >= 0.6 is 11.6 Å². The number of halogens is 1. The van der Waals surface area contributed by atoms with Crippen molar-refractivity contribution in [3.8, 4) is 5.75 Å². The van der Waals surface area contributed by atoms with Crippen LogP contribution in [0.2, 0.25) is 5.02 Å². The lowest BCUT2D eigenvalue weighted by molar-refractivity contribution is -0.687. The molecule has 0 aromatic heterocycles. The minimum atomic E-state index is 0.575. The van der Waals surface area contributed by atoms with E-state index in [0.29, 0.717) is 19.3 Å². The fourth-order valence-corrected chi connectivity index (χ4v) is 2.04. The minimum absolute atomic E-state index is 0.575. The van der Waals surface area contributed by atoms with E-state index in [1.54, 1.807) is 0 Å². The lowest BCUT2D eigenvalue weighted by atomic mass is 10.1. The molecule has 0 saturated carbocycles. The highest BCUT2D eigenvalue weighted by Gasteiger charge is 2.05. The Hall–Kier alpha value is -0.770. The molecule has 0 fully saturated rings. The molecule has 3 nitrogen and oxygen atoms in total. The van der Waals surface area contributed by atoms with Crippen LogP contribution in [0.1, 0.15) is 31.4 Å². The van der Waals surface area contributed by atoms with E-state index >= 15 is 0 Å². The molecule has 0 aliphatic heterocycles. The smallest absolute Gasteiger partial charge is 0.122 e. The second kappa shape index (κ2) is 9.22. The van der Waals surface area contributed by atoms with Gasteiger partial charge in [-0.15, -0.1) is 0 Å². The summed E-state index contributed by atoms with van der Waals surface area (Å²) in [7, 11) is 0. The second-order valence-electron chi connectivity index (χ2n) is 5.17. The number of benzene rings is 1. The Balaban J connectivity index is 2.17. The van der Waals surface area contributed by atoms with Gasteiger partial charge >= 0.3 is 0 Å². The standard InChI is InChI=1S/C16H26ClNO2/c1-5-12(2)18-8-9-19-10-11-20-16-7-6-15(17)13(3)14(16)4/h6-7,12,18H,5,8-11H2,1-4H3/p+1/t12-/m1/s1. The zero-order chi connectivity index (χ0) is 15.0.